The van der Waals surface area contributed by atoms with Crippen molar-refractivity contribution in [2.24, 2.45) is 0 Å². The first-order chi connectivity index (χ1) is 33.8. The monoisotopic (exact) mass is 970 g/mol. The lowest BCUT2D eigenvalue weighted by atomic mass is 9.84. The summed E-state index contributed by atoms with van der Waals surface area (Å²) in [6.45, 7) is -0.740. The van der Waals surface area contributed by atoms with Crippen LogP contribution in [-0.2, 0) is 96.7 Å². The van der Waals surface area contributed by atoms with Crippen molar-refractivity contribution in [3.05, 3.63) is 251 Å². The summed E-state index contributed by atoms with van der Waals surface area (Å²) in [4.78, 5) is 0. The Hall–Kier alpha value is -5.40. The van der Waals surface area contributed by atoms with E-state index in [1.54, 1.807) is 0 Å². The van der Waals surface area contributed by atoms with Crippen LogP contribution in [0.3, 0.4) is 0 Å². The smallest absolute Gasteiger partial charge is 0.387 e. The van der Waals surface area contributed by atoms with Gasteiger partial charge in [-0.3, -0.25) is 27.1 Å². The molecule has 12 nitrogen and oxygen atoms in total. The summed E-state index contributed by atoms with van der Waals surface area (Å²) in [5, 5.41) is 12.8. The summed E-state index contributed by atoms with van der Waals surface area (Å²) >= 11 is 0. The number of hydrogen-bond donors (Lipinski definition) is 1. The minimum absolute atomic E-state index is 0.0156. The predicted octanol–water partition coefficient (Wildman–Crippen LogP) is 12.0. The normalized spacial score (nSPS) is 19.6. The van der Waals surface area contributed by atoms with Crippen LogP contribution in [0, 0.1) is 0 Å². The largest absolute Gasteiger partial charge is 0.475 e. The summed E-state index contributed by atoms with van der Waals surface area (Å²) in [5.41, 5.74) is 5.09. The van der Waals surface area contributed by atoms with Crippen molar-refractivity contribution in [3.63, 3.8) is 0 Å². The molecular formula is C55H56O12P2. The summed E-state index contributed by atoms with van der Waals surface area (Å²) in [7, 11) is -9.46. The lowest BCUT2D eigenvalue weighted by molar-refractivity contribution is -0.257. The van der Waals surface area contributed by atoms with E-state index < -0.39 is 52.3 Å². The Morgan fingerprint density at radius 1 is 0.290 bits per heavy atom. The summed E-state index contributed by atoms with van der Waals surface area (Å²) in [5.74, 6) is 0. The molecule has 6 atom stereocenters. The third kappa shape index (κ3) is 15.0. The second kappa shape index (κ2) is 25.5. The van der Waals surface area contributed by atoms with Crippen molar-refractivity contribution in [1.29, 1.82) is 0 Å². The molecule has 1 fully saturated rings. The predicted molar refractivity (Wildman–Crippen MR) is 261 cm³/mol. The highest BCUT2D eigenvalue weighted by Gasteiger charge is 2.58. The van der Waals surface area contributed by atoms with Gasteiger partial charge in [-0.1, -0.05) is 212 Å². The van der Waals surface area contributed by atoms with Gasteiger partial charge >= 0.3 is 15.6 Å². The van der Waals surface area contributed by atoms with Crippen molar-refractivity contribution in [3.8, 4) is 0 Å². The second-order valence-electron chi connectivity index (χ2n) is 16.3. The Morgan fingerprint density at radius 3 is 0.754 bits per heavy atom. The molecule has 14 heteroatoms. The average Bonchev–Trinajstić information content (AvgIpc) is 3.40. The van der Waals surface area contributed by atoms with Crippen LogP contribution in [0.4, 0.5) is 0 Å². The van der Waals surface area contributed by atoms with Crippen molar-refractivity contribution < 1.29 is 55.6 Å². The van der Waals surface area contributed by atoms with E-state index in [-0.39, 0.29) is 46.2 Å². The first kappa shape index (κ1) is 50.0. The van der Waals surface area contributed by atoms with Crippen LogP contribution in [0.5, 0.6) is 0 Å². The van der Waals surface area contributed by atoms with E-state index in [0.29, 0.717) is 22.3 Å². The fourth-order valence-electron chi connectivity index (χ4n) is 7.66. The van der Waals surface area contributed by atoms with Gasteiger partial charge in [-0.05, 0) is 38.9 Å². The van der Waals surface area contributed by atoms with Gasteiger partial charge in [0, 0.05) is 0 Å². The molecule has 0 saturated heterocycles. The number of ether oxygens (including phenoxy) is 3. The van der Waals surface area contributed by atoms with E-state index in [1.807, 2.05) is 212 Å². The summed E-state index contributed by atoms with van der Waals surface area (Å²) < 4.78 is 89.5. The van der Waals surface area contributed by atoms with Gasteiger partial charge in [0.05, 0.1) is 46.2 Å². The zero-order valence-corrected chi connectivity index (χ0v) is 39.7. The highest BCUT2D eigenvalue weighted by molar-refractivity contribution is 7.48. The standard InChI is InChI=1S/C55H56O12P2/c56-50-51(59-36-43-22-8-1-9-23-43)53(61-38-45-26-12-3-13-27-45)55(67-69(58,64-41-48-32-18-6-19-33-48)65-42-49-34-20-7-21-35-49)54(52(50)60-37-44-24-10-2-11-25-44)66-68(57,62-39-46-28-14-4-15-29-46)63-40-47-30-16-5-17-31-47/h1-35,50-56H,36-42H2/t50?,51-,52?,53-,54+,55?/m0/s1. The van der Waals surface area contributed by atoms with E-state index in [4.69, 9.17) is 41.4 Å². The first-order valence-corrected chi connectivity index (χ1v) is 25.7. The van der Waals surface area contributed by atoms with Crippen LogP contribution in [0.2, 0.25) is 0 Å². The lowest BCUT2D eigenvalue weighted by Gasteiger charge is -2.48. The first-order valence-electron chi connectivity index (χ1n) is 22.8. The highest BCUT2D eigenvalue weighted by atomic mass is 31.2. The molecular weight excluding hydrogens is 915 g/mol. The van der Waals surface area contributed by atoms with Gasteiger partial charge in [-0.2, -0.15) is 0 Å². The number of phosphoric ester groups is 2. The summed E-state index contributed by atoms with van der Waals surface area (Å²) in [6.07, 6.45) is -8.73. The Morgan fingerprint density at radius 2 is 0.493 bits per heavy atom. The zero-order valence-electron chi connectivity index (χ0n) is 38.0. The molecule has 3 unspecified atom stereocenters. The lowest BCUT2D eigenvalue weighted by Crippen LogP contribution is -2.66. The molecule has 0 amide bonds. The van der Waals surface area contributed by atoms with Gasteiger partial charge in [0.2, 0.25) is 0 Å². The van der Waals surface area contributed by atoms with Crippen molar-refractivity contribution >= 4 is 15.6 Å². The number of phosphoric acid groups is 2. The van der Waals surface area contributed by atoms with Crippen molar-refractivity contribution in [2.75, 3.05) is 0 Å². The maximum atomic E-state index is 15.6. The quantitative estimate of drug-likeness (QED) is 0.0546. The zero-order chi connectivity index (χ0) is 47.6. The van der Waals surface area contributed by atoms with Gasteiger partial charge in [-0.25, -0.2) is 9.13 Å². The minimum atomic E-state index is -4.73. The van der Waals surface area contributed by atoms with E-state index in [2.05, 4.69) is 0 Å². The maximum Gasteiger partial charge on any atom is 0.475 e. The van der Waals surface area contributed by atoms with Crippen LogP contribution < -0.4 is 0 Å². The van der Waals surface area contributed by atoms with Gasteiger partial charge in [-0.15, -0.1) is 0 Å². The Labute approximate surface area is 403 Å². The fourth-order valence-corrected chi connectivity index (χ4v) is 10.4. The van der Waals surface area contributed by atoms with Crippen molar-refractivity contribution in [2.45, 2.75) is 82.9 Å². The molecule has 0 bridgehead atoms. The number of aliphatic hydroxyl groups excluding tert-OH is 1. The van der Waals surface area contributed by atoms with E-state index in [1.165, 1.54) is 0 Å². The number of hydrogen-bond acceptors (Lipinski definition) is 12. The third-order valence-corrected chi connectivity index (χ3v) is 14.0. The molecule has 1 aliphatic carbocycles. The van der Waals surface area contributed by atoms with Crippen LogP contribution in [-0.4, -0.2) is 41.7 Å². The van der Waals surface area contributed by atoms with Gasteiger partial charge in [0.1, 0.15) is 36.6 Å². The van der Waals surface area contributed by atoms with E-state index in [9.17, 15) is 5.11 Å². The van der Waals surface area contributed by atoms with Crippen LogP contribution in [0.15, 0.2) is 212 Å². The summed E-state index contributed by atoms with van der Waals surface area (Å²) in [6, 6.07) is 64.8. The topological polar surface area (TPSA) is 137 Å². The Balaban J connectivity index is 1.24. The minimum Gasteiger partial charge on any atom is -0.387 e. The van der Waals surface area contributed by atoms with Gasteiger partial charge < -0.3 is 19.3 Å². The maximum absolute atomic E-state index is 15.6. The van der Waals surface area contributed by atoms with E-state index >= 15 is 9.13 Å². The third-order valence-electron chi connectivity index (χ3n) is 11.3. The second-order valence-corrected chi connectivity index (χ2v) is 19.6. The van der Waals surface area contributed by atoms with Gasteiger partial charge in [0.15, 0.2) is 0 Å². The van der Waals surface area contributed by atoms with Crippen LogP contribution >= 0.6 is 15.6 Å². The Kier molecular flexibility index (Phi) is 18.4. The molecule has 0 aromatic heterocycles. The molecule has 0 spiro atoms. The molecule has 1 aliphatic rings. The molecule has 69 heavy (non-hydrogen) atoms. The molecule has 0 heterocycles. The van der Waals surface area contributed by atoms with Crippen molar-refractivity contribution in [1.82, 2.24) is 0 Å². The Bertz CT molecular complexity index is 2540. The molecule has 7 aromatic carbocycles. The fraction of sp³-hybridized carbons (Fsp3) is 0.236. The number of benzene rings is 7. The average molecular weight is 971 g/mol. The highest BCUT2D eigenvalue weighted by Crippen LogP contribution is 2.58. The molecule has 8 rings (SSSR count). The molecule has 7 aromatic rings. The number of rotatable bonds is 25. The SMILES string of the molecule is O=P(OCc1ccccc1)(OCc1ccccc1)OC1[C@H](OP(=O)(OCc2ccccc2)OCc2ccccc2)C(OCc2ccccc2)C(O)[C@H](OCc2ccccc2)[C@@H]1OCc1ccccc1. The van der Waals surface area contributed by atoms with Crippen LogP contribution in [0.1, 0.15) is 38.9 Å². The molecule has 0 radical (unpaired) electrons. The van der Waals surface area contributed by atoms with Crippen LogP contribution in [0.25, 0.3) is 0 Å². The molecule has 1 saturated carbocycles. The molecule has 1 N–H and O–H groups in total. The molecule has 358 valence electrons. The van der Waals surface area contributed by atoms with Gasteiger partial charge in [0.25, 0.3) is 0 Å². The number of aliphatic hydroxyl groups is 1. The molecule has 0 aliphatic heterocycles. The van der Waals surface area contributed by atoms with E-state index in [0.717, 1.165) is 16.7 Å².